The molecule has 0 N–H and O–H groups in total. The van der Waals surface area contributed by atoms with Crippen molar-refractivity contribution in [3.8, 4) is 0 Å². The molecule has 0 saturated carbocycles. The maximum absolute atomic E-state index is 13.4. The molecule has 0 bridgehead atoms. The van der Waals surface area contributed by atoms with E-state index < -0.39 is 11.7 Å². The van der Waals surface area contributed by atoms with Crippen molar-refractivity contribution in [2.24, 2.45) is 0 Å². The van der Waals surface area contributed by atoms with Crippen LogP contribution < -0.4 is 0 Å². The van der Waals surface area contributed by atoms with Gasteiger partial charge in [-0.2, -0.15) is 13.2 Å². The van der Waals surface area contributed by atoms with Crippen LogP contribution in [0, 0.1) is 6.92 Å². The standard InChI is InChI=1S/C28H25F3N2O/c1-21-9-11-23(12-10-21)18-32-17-5-8-26(32)20-33(19-22-6-3-2-4-7-22)27(34)24-13-15-25(16-14-24)28(29,30)31/h2-17H,18-20H2,1H3. The molecule has 0 spiro atoms. The molecule has 4 rings (SSSR count). The third-order valence-electron chi connectivity index (χ3n) is 5.71. The quantitative estimate of drug-likeness (QED) is 0.300. The first-order valence-corrected chi connectivity index (χ1v) is 11.0. The molecule has 0 unspecified atom stereocenters. The van der Waals surface area contributed by atoms with Crippen LogP contribution in [0.4, 0.5) is 13.2 Å². The predicted molar refractivity (Wildman–Crippen MR) is 126 cm³/mol. The Morgan fingerprint density at radius 2 is 1.47 bits per heavy atom. The van der Waals surface area contributed by atoms with Crippen molar-refractivity contribution in [1.29, 1.82) is 0 Å². The van der Waals surface area contributed by atoms with Crippen molar-refractivity contribution in [3.63, 3.8) is 0 Å². The van der Waals surface area contributed by atoms with E-state index in [0.717, 1.165) is 29.0 Å². The number of carbonyl (C=O) groups is 1. The molecule has 3 nitrogen and oxygen atoms in total. The fraction of sp³-hybridized carbons (Fsp3) is 0.179. The molecular weight excluding hydrogens is 437 g/mol. The van der Waals surface area contributed by atoms with Crippen molar-refractivity contribution < 1.29 is 18.0 Å². The van der Waals surface area contributed by atoms with Crippen LogP contribution in [0.3, 0.4) is 0 Å². The van der Waals surface area contributed by atoms with Crippen LogP contribution in [-0.4, -0.2) is 15.4 Å². The average molecular weight is 463 g/mol. The van der Waals surface area contributed by atoms with Crippen molar-refractivity contribution in [2.45, 2.75) is 32.7 Å². The zero-order chi connectivity index (χ0) is 24.1. The van der Waals surface area contributed by atoms with Crippen molar-refractivity contribution >= 4 is 5.91 Å². The summed E-state index contributed by atoms with van der Waals surface area (Å²) >= 11 is 0. The van der Waals surface area contributed by atoms with Gasteiger partial charge in [-0.25, -0.2) is 0 Å². The topological polar surface area (TPSA) is 25.2 Å². The van der Waals surface area contributed by atoms with Crippen LogP contribution in [-0.2, 0) is 25.8 Å². The maximum Gasteiger partial charge on any atom is 0.416 e. The van der Waals surface area contributed by atoms with Crippen molar-refractivity contribution in [1.82, 2.24) is 9.47 Å². The lowest BCUT2D eigenvalue weighted by molar-refractivity contribution is -0.137. The highest BCUT2D eigenvalue weighted by Gasteiger charge is 2.30. The Kier molecular flexibility index (Phi) is 6.87. The van der Waals surface area contributed by atoms with Gasteiger partial charge in [0.25, 0.3) is 5.91 Å². The SMILES string of the molecule is Cc1ccc(Cn2cccc2CN(Cc2ccccc2)C(=O)c2ccc(C(F)(F)F)cc2)cc1. The van der Waals surface area contributed by atoms with Gasteiger partial charge in [0.15, 0.2) is 0 Å². The number of alkyl halides is 3. The van der Waals surface area contributed by atoms with Gasteiger partial charge < -0.3 is 9.47 Å². The minimum absolute atomic E-state index is 0.223. The summed E-state index contributed by atoms with van der Waals surface area (Å²) in [6.07, 6.45) is -2.47. The van der Waals surface area contributed by atoms with E-state index in [1.807, 2.05) is 55.6 Å². The van der Waals surface area contributed by atoms with Gasteiger partial charge in [-0.05, 0) is 54.4 Å². The van der Waals surface area contributed by atoms with Gasteiger partial charge >= 0.3 is 6.18 Å². The molecule has 0 saturated heterocycles. The molecule has 1 aromatic heterocycles. The summed E-state index contributed by atoms with van der Waals surface area (Å²) in [5.41, 5.74) is 3.67. The van der Waals surface area contributed by atoms with E-state index in [9.17, 15) is 18.0 Å². The van der Waals surface area contributed by atoms with Crippen LogP contribution in [0.5, 0.6) is 0 Å². The fourth-order valence-corrected chi connectivity index (χ4v) is 3.82. The molecule has 0 aliphatic heterocycles. The summed E-state index contributed by atoms with van der Waals surface area (Å²) in [5, 5.41) is 0. The highest BCUT2D eigenvalue weighted by atomic mass is 19.4. The second kappa shape index (κ2) is 10.00. The molecule has 174 valence electrons. The van der Waals surface area contributed by atoms with E-state index in [4.69, 9.17) is 0 Å². The van der Waals surface area contributed by atoms with Crippen LogP contribution in [0.15, 0.2) is 97.2 Å². The molecule has 0 radical (unpaired) electrons. The van der Waals surface area contributed by atoms with Crippen LogP contribution >= 0.6 is 0 Å². The number of amides is 1. The minimum Gasteiger partial charge on any atom is -0.345 e. The maximum atomic E-state index is 13.4. The molecule has 0 aliphatic carbocycles. The van der Waals surface area contributed by atoms with Crippen molar-refractivity contribution in [3.05, 3.63) is 131 Å². The highest BCUT2D eigenvalue weighted by Crippen LogP contribution is 2.29. The molecule has 0 aliphatic rings. The molecule has 34 heavy (non-hydrogen) atoms. The van der Waals surface area contributed by atoms with E-state index >= 15 is 0 Å². The van der Waals surface area contributed by atoms with E-state index in [2.05, 4.69) is 28.8 Å². The van der Waals surface area contributed by atoms with Gasteiger partial charge in [0.05, 0.1) is 12.1 Å². The Labute approximate surface area is 197 Å². The summed E-state index contributed by atoms with van der Waals surface area (Å²) in [7, 11) is 0. The van der Waals surface area contributed by atoms with Gasteiger partial charge in [0.1, 0.15) is 0 Å². The molecule has 0 atom stereocenters. The number of halogens is 3. The number of nitrogens with zero attached hydrogens (tertiary/aromatic N) is 2. The van der Waals surface area contributed by atoms with Crippen LogP contribution in [0.1, 0.15) is 38.3 Å². The number of aromatic nitrogens is 1. The summed E-state index contributed by atoms with van der Waals surface area (Å²) in [4.78, 5) is 15.0. The summed E-state index contributed by atoms with van der Waals surface area (Å²) < 4.78 is 41.0. The number of hydrogen-bond donors (Lipinski definition) is 0. The predicted octanol–water partition coefficient (Wildman–Crippen LogP) is 6.71. The van der Waals surface area contributed by atoms with Gasteiger partial charge in [0, 0.05) is 30.5 Å². The smallest absolute Gasteiger partial charge is 0.345 e. The Morgan fingerprint density at radius 1 is 0.794 bits per heavy atom. The summed E-state index contributed by atoms with van der Waals surface area (Å²) in [6, 6.07) is 26.1. The van der Waals surface area contributed by atoms with Crippen LogP contribution in [0.25, 0.3) is 0 Å². The largest absolute Gasteiger partial charge is 0.416 e. The number of aryl methyl sites for hydroxylation is 1. The summed E-state index contributed by atoms with van der Waals surface area (Å²) in [6.45, 7) is 3.37. The summed E-state index contributed by atoms with van der Waals surface area (Å²) in [5.74, 6) is -0.319. The first-order valence-electron chi connectivity index (χ1n) is 11.0. The van der Waals surface area contributed by atoms with E-state index in [-0.39, 0.29) is 11.5 Å². The molecule has 0 fully saturated rings. The van der Waals surface area contributed by atoms with Gasteiger partial charge in [-0.3, -0.25) is 4.79 Å². The number of rotatable bonds is 7. The van der Waals surface area contributed by atoms with Gasteiger partial charge in [-0.15, -0.1) is 0 Å². The number of benzene rings is 3. The van der Waals surface area contributed by atoms with Crippen molar-refractivity contribution in [2.75, 3.05) is 0 Å². The second-order valence-electron chi connectivity index (χ2n) is 8.33. The third-order valence-corrected chi connectivity index (χ3v) is 5.71. The Morgan fingerprint density at radius 3 is 2.12 bits per heavy atom. The third kappa shape index (κ3) is 5.76. The van der Waals surface area contributed by atoms with Crippen LogP contribution in [0.2, 0.25) is 0 Å². The molecule has 1 amide bonds. The minimum atomic E-state index is -4.44. The Bertz CT molecular complexity index is 1230. The zero-order valence-electron chi connectivity index (χ0n) is 18.8. The number of hydrogen-bond acceptors (Lipinski definition) is 1. The lowest BCUT2D eigenvalue weighted by Gasteiger charge is -2.24. The first kappa shape index (κ1) is 23.4. The highest BCUT2D eigenvalue weighted by molar-refractivity contribution is 5.94. The molecular formula is C28H25F3N2O. The monoisotopic (exact) mass is 462 g/mol. The molecule has 6 heteroatoms. The lowest BCUT2D eigenvalue weighted by atomic mass is 10.1. The van der Waals surface area contributed by atoms with E-state index in [1.54, 1.807) is 4.90 Å². The molecule has 4 aromatic rings. The Balaban J connectivity index is 1.59. The zero-order valence-corrected chi connectivity index (χ0v) is 18.8. The average Bonchev–Trinajstić information content (AvgIpc) is 3.26. The Hall–Kier alpha value is -3.80. The van der Waals surface area contributed by atoms with E-state index in [0.29, 0.717) is 19.6 Å². The normalized spacial score (nSPS) is 11.4. The number of carbonyl (C=O) groups excluding carboxylic acids is 1. The second-order valence-corrected chi connectivity index (χ2v) is 8.33. The van der Waals surface area contributed by atoms with E-state index in [1.165, 1.54) is 17.7 Å². The first-order chi connectivity index (χ1) is 16.3. The molecule has 3 aromatic carbocycles. The fourth-order valence-electron chi connectivity index (χ4n) is 3.82. The lowest BCUT2D eigenvalue weighted by Crippen LogP contribution is -2.31. The van der Waals surface area contributed by atoms with Gasteiger partial charge in [-0.1, -0.05) is 60.2 Å². The molecule has 1 heterocycles. The van der Waals surface area contributed by atoms with Gasteiger partial charge in [0.2, 0.25) is 0 Å².